The van der Waals surface area contributed by atoms with Crippen LogP contribution in [0.3, 0.4) is 0 Å². The van der Waals surface area contributed by atoms with Gasteiger partial charge in [0.1, 0.15) is 11.5 Å². The molecule has 0 aliphatic heterocycles. The van der Waals surface area contributed by atoms with Crippen LogP contribution in [0.5, 0.6) is 0 Å². The van der Waals surface area contributed by atoms with E-state index in [1.165, 1.54) is 0 Å². The van der Waals surface area contributed by atoms with Gasteiger partial charge in [-0.2, -0.15) is 13.2 Å². The zero-order valence-electron chi connectivity index (χ0n) is 7.78. The first-order valence-corrected chi connectivity index (χ1v) is 4.29. The van der Waals surface area contributed by atoms with Gasteiger partial charge in [-0.1, -0.05) is 0 Å². The van der Waals surface area contributed by atoms with Gasteiger partial charge in [0.2, 0.25) is 0 Å². The number of aryl methyl sites for hydroxylation is 1. The maximum Gasteiger partial charge on any atom is 0.432 e. The Morgan fingerprint density at radius 1 is 1.50 bits per heavy atom. The van der Waals surface area contributed by atoms with Crippen LogP contribution in [-0.4, -0.2) is 23.6 Å². The van der Waals surface area contributed by atoms with Crippen LogP contribution in [0.4, 0.5) is 13.2 Å². The molecule has 0 spiro atoms. The van der Waals surface area contributed by atoms with Crippen molar-refractivity contribution in [2.75, 3.05) is 13.6 Å². The summed E-state index contributed by atoms with van der Waals surface area (Å²) in [5.41, 5.74) is -0.781. The monoisotopic (exact) mass is 207 g/mol. The molecular formula is C8H12F3N3. The molecule has 80 valence electrons. The Bertz CT molecular complexity index is 280. The molecule has 0 saturated heterocycles. The fourth-order valence-electron chi connectivity index (χ4n) is 1.07. The first-order valence-electron chi connectivity index (χ1n) is 4.29. The van der Waals surface area contributed by atoms with Gasteiger partial charge in [-0.25, -0.2) is 4.98 Å². The summed E-state index contributed by atoms with van der Waals surface area (Å²) in [6.45, 7) is 0.766. The zero-order chi connectivity index (χ0) is 10.6. The number of nitrogens with one attached hydrogen (secondary N) is 2. The van der Waals surface area contributed by atoms with Crippen LogP contribution in [0.2, 0.25) is 0 Å². The maximum absolute atomic E-state index is 12.1. The van der Waals surface area contributed by atoms with Gasteiger partial charge < -0.3 is 10.3 Å². The maximum atomic E-state index is 12.1. The van der Waals surface area contributed by atoms with Crippen LogP contribution < -0.4 is 5.32 Å². The van der Waals surface area contributed by atoms with Gasteiger partial charge in [-0.05, 0) is 20.0 Å². The molecule has 0 unspecified atom stereocenters. The number of imidazole rings is 1. The number of nitrogens with zero attached hydrogens (tertiary/aromatic N) is 1. The van der Waals surface area contributed by atoms with E-state index < -0.39 is 11.9 Å². The molecule has 0 aromatic carbocycles. The molecule has 1 aromatic rings. The minimum absolute atomic E-state index is 0.382. The van der Waals surface area contributed by atoms with E-state index in [2.05, 4.69) is 15.3 Å². The Hall–Kier alpha value is -1.04. The van der Waals surface area contributed by atoms with Crippen LogP contribution in [0.1, 0.15) is 17.9 Å². The van der Waals surface area contributed by atoms with Gasteiger partial charge in [0.25, 0.3) is 0 Å². The number of rotatable bonds is 4. The van der Waals surface area contributed by atoms with Crippen molar-refractivity contribution in [3.63, 3.8) is 0 Å². The van der Waals surface area contributed by atoms with Crippen molar-refractivity contribution in [3.05, 3.63) is 17.7 Å². The fraction of sp³-hybridized carbons (Fsp3) is 0.625. The number of hydrogen-bond acceptors (Lipinski definition) is 2. The van der Waals surface area contributed by atoms with Crippen LogP contribution >= 0.6 is 0 Å². The van der Waals surface area contributed by atoms with E-state index in [1.807, 2.05) is 0 Å². The summed E-state index contributed by atoms with van der Waals surface area (Å²) in [6, 6.07) is 0. The highest BCUT2D eigenvalue weighted by atomic mass is 19.4. The molecule has 0 bridgehead atoms. The second kappa shape index (κ2) is 4.45. The van der Waals surface area contributed by atoms with E-state index in [0.29, 0.717) is 12.2 Å². The van der Waals surface area contributed by atoms with Crippen molar-refractivity contribution >= 4 is 0 Å². The first-order chi connectivity index (χ1) is 6.54. The lowest BCUT2D eigenvalue weighted by Crippen LogP contribution is -2.09. The summed E-state index contributed by atoms with van der Waals surface area (Å²) < 4.78 is 36.3. The molecule has 2 N–H and O–H groups in total. The van der Waals surface area contributed by atoms with Crippen molar-refractivity contribution < 1.29 is 13.2 Å². The normalized spacial score (nSPS) is 12.0. The van der Waals surface area contributed by atoms with Crippen molar-refractivity contribution in [1.82, 2.24) is 15.3 Å². The van der Waals surface area contributed by atoms with E-state index in [9.17, 15) is 13.2 Å². The first kappa shape index (κ1) is 11.0. The molecule has 1 aromatic heterocycles. The molecule has 6 heteroatoms. The van der Waals surface area contributed by atoms with Crippen molar-refractivity contribution in [1.29, 1.82) is 0 Å². The molecule has 0 aliphatic carbocycles. The molecular weight excluding hydrogens is 195 g/mol. The average Bonchev–Trinajstić information content (AvgIpc) is 2.52. The molecule has 1 heterocycles. The second-order valence-corrected chi connectivity index (χ2v) is 2.95. The largest absolute Gasteiger partial charge is 0.432 e. The van der Waals surface area contributed by atoms with E-state index in [4.69, 9.17) is 0 Å². The summed E-state index contributed by atoms with van der Waals surface area (Å²) in [5.74, 6) is 0.382. The molecule has 1 rings (SSSR count). The highest BCUT2D eigenvalue weighted by Crippen LogP contribution is 2.27. The lowest BCUT2D eigenvalue weighted by molar-refractivity contribution is -0.140. The lowest BCUT2D eigenvalue weighted by Gasteiger charge is -2.01. The summed E-state index contributed by atoms with van der Waals surface area (Å²) in [5, 5.41) is 2.91. The molecule has 0 amide bonds. The minimum Gasteiger partial charge on any atom is -0.338 e. The zero-order valence-corrected chi connectivity index (χ0v) is 7.78. The smallest absolute Gasteiger partial charge is 0.338 e. The van der Waals surface area contributed by atoms with E-state index >= 15 is 0 Å². The Labute approximate surface area is 79.7 Å². The molecule has 0 atom stereocenters. The topological polar surface area (TPSA) is 40.7 Å². The lowest BCUT2D eigenvalue weighted by atomic mass is 10.3. The third kappa shape index (κ3) is 3.02. The second-order valence-electron chi connectivity index (χ2n) is 2.95. The fourth-order valence-corrected chi connectivity index (χ4v) is 1.07. The standard InChI is InChI=1S/C8H12F3N3/c1-12-4-2-3-7-13-5-6(14-7)8(9,10)11/h5,12H,2-4H2,1H3,(H,13,14). The predicted octanol–water partition coefficient (Wildman–Crippen LogP) is 1.58. The van der Waals surface area contributed by atoms with Gasteiger partial charge in [0.05, 0.1) is 6.20 Å². The SMILES string of the molecule is CNCCCc1ncc(C(F)(F)F)[nH]1. The molecule has 0 aliphatic rings. The molecule has 3 nitrogen and oxygen atoms in total. The van der Waals surface area contributed by atoms with E-state index in [0.717, 1.165) is 19.2 Å². The number of aromatic amines is 1. The van der Waals surface area contributed by atoms with Gasteiger partial charge in [-0.3, -0.25) is 0 Å². The van der Waals surface area contributed by atoms with Gasteiger partial charge in [-0.15, -0.1) is 0 Å². The Morgan fingerprint density at radius 2 is 2.21 bits per heavy atom. The molecule has 0 fully saturated rings. The van der Waals surface area contributed by atoms with Crippen molar-refractivity contribution in [2.24, 2.45) is 0 Å². The highest BCUT2D eigenvalue weighted by Gasteiger charge is 2.32. The van der Waals surface area contributed by atoms with E-state index in [1.54, 1.807) is 7.05 Å². The quantitative estimate of drug-likeness (QED) is 0.736. The molecule has 14 heavy (non-hydrogen) atoms. The van der Waals surface area contributed by atoms with Gasteiger partial charge >= 0.3 is 6.18 Å². The van der Waals surface area contributed by atoms with E-state index in [-0.39, 0.29) is 0 Å². The predicted molar refractivity (Wildman–Crippen MR) is 45.8 cm³/mol. The Morgan fingerprint density at radius 3 is 2.71 bits per heavy atom. The van der Waals surface area contributed by atoms with Crippen LogP contribution in [0.15, 0.2) is 6.20 Å². The summed E-state index contributed by atoms with van der Waals surface area (Å²) >= 11 is 0. The Balaban J connectivity index is 2.51. The minimum atomic E-state index is -4.33. The number of alkyl halides is 3. The van der Waals surface area contributed by atoms with Crippen molar-refractivity contribution in [2.45, 2.75) is 19.0 Å². The molecule has 0 saturated carbocycles. The van der Waals surface area contributed by atoms with Gasteiger partial charge in [0.15, 0.2) is 0 Å². The number of aromatic nitrogens is 2. The summed E-state index contributed by atoms with van der Waals surface area (Å²) in [6.07, 6.45) is -2.21. The number of hydrogen-bond donors (Lipinski definition) is 2. The average molecular weight is 207 g/mol. The number of H-pyrrole nitrogens is 1. The van der Waals surface area contributed by atoms with Crippen LogP contribution in [0, 0.1) is 0 Å². The summed E-state index contributed by atoms with van der Waals surface area (Å²) in [4.78, 5) is 5.90. The van der Waals surface area contributed by atoms with Crippen LogP contribution in [-0.2, 0) is 12.6 Å². The third-order valence-electron chi connectivity index (χ3n) is 1.77. The van der Waals surface area contributed by atoms with Crippen LogP contribution in [0.25, 0.3) is 0 Å². The molecule has 0 radical (unpaired) electrons. The highest BCUT2D eigenvalue weighted by molar-refractivity contribution is 5.05. The summed E-state index contributed by atoms with van der Waals surface area (Å²) in [7, 11) is 1.79. The van der Waals surface area contributed by atoms with Crippen molar-refractivity contribution in [3.8, 4) is 0 Å². The number of halogens is 3. The van der Waals surface area contributed by atoms with Gasteiger partial charge in [0, 0.05) is 6.42 Å². The Kier molecular flexibility index (Phi) is 3.51. The third-order valence-corrected chi connectivity index (χ3v) is 1.77.